The van der Waals surface area contributed by atoms with E-state index in [1.807, 2.05) is 34.9 Å². The zero-order valence-electron chi connectivity index (χ0n) is 10.0. The summed E-state index contributed by atoms with van der Waals surface area (Å²) in [5.74, 6) is -4.74. The van der Waals surface area contributed by atoms with Crippen LogP contribution in [0.25, 0.3) is 10.9 Å². The predicted octanol–water partition coefficient (Wildman–Crippen LogP) is -1.07. The maximum Gasteiger partial charge on any atom is 0.0482 e. The topological polar surface area (TPSA) is 85.2 Å². The van der Waals surface area contributed by atoms with Crippen molar-refractivity contribution >= 4 is 22.8 Å². The van der Waals surface area contributed by atoms with Gasteiger partial charge >= 0.3 is 0 Å². The Morgan fingerprint density at radius 1 is 1.11 bits per heavy atom. The molecule has 0 aliphatic carbocycles. The Kier molecular flexibility index (Phi) is 2.55. The van der Waals surface area contributed by atoms with Gasteiger partial charge in [-0.05, 0) is 23.9 Å². The zero-order chi connectivity index (χ0) is 13.6. The maximum atomic E-state index is 11.1. The fourth-order valence-electron chi connectivity index (χ4n) is 2.83. The van der Waals surface area contributed by atoms with Crippen LogP contribution in [0.3, 0.4) is 0 Å². The molecular weight excluding hydrogens is 246 g/mol. The third kappa shape index (κ3) is 1.78. The van der Waals surface area contributed by atoms with E-state index in [1.165, 1.54) is 0 Å². The van der Waals surface area contributed by atoms with E-state index >= 15 is 0 Å². The van der Waals surface area contributed by atoms with Gasteiger partial charge in [0.2, 0.25) is 0 Å². The lowest BCUT2D eigenvalue weighted by molar-refractivity contribution is -0.327. The van der Waals surface area contributed by atoms with Crippen LogP contribution in [0.2, 0.25) is 0 Å². The molecule has 0 fully saturated rings. The Bertz CT molecular complexity index is 673. The van der Waals surface area contributed by atoms with Crippen molar-refractivity contribution in [1.82, 2.24) is 4.57 Å². The van der Waals surface area contributed by atoms with Crippen LogP contribution >= 0.6 is 0 Å². The van der Waals surface area contributed by atoms with E-state index < -0.39 is 23.8 Å². The van der Waals surface area contributed by atoms with E-state index in [2.05, 4.69) is 0 Å². The number of benzene rings is 1. The highest BCUT2D eigenvalue weighted by Crippen LogP contribution is 2.31. The van der Waals surface area contributed by atoms with Crippen molar-refractivity contribution in [3.63, 3.8) is 0 Å². The van der Waals surface area contributed by atoms with Crippen LogP contribution < -0.4 is 10.2 Å². The number of aliphatic carboxylic acids is 2. The van der Waals surface area contributed by atoms with E-state index in [1.54, 1.807) is 0 Å². The van der Waals surface area contributed by atoms with Gasteiger partial charge in [-0.2, -0.15) is 0 Å². The zero-order valence-corrected chi connectivity index (χ0v) is 10.0. The van der Waals surface area contributed by atoms with Crippen molar-refractivity contribution in [2.75, 3.05) is 0 Å². The van der Waals surface area contributed by atoms with Gasteiger partial charge in [0.25, 0.3) is 0 Å². The quantitative estimate of drug-likeness (QED) is 0.685. The van der Waals surface area contributed by atoms with Crippen molar-refractivity contribution in [1.29, 1.82) is 0 Å². The number of aromatic nitrogens is 1. The molecule has 19 heavy (non-hydrogen) atoms. The molecule has 1 aliphatic heterocycles. The average molecular weight is 257 g/mol. The Balaban J connectivity index is 2.12. The summed E-state index contributed by atoms with van der Waals surface area (Å²) in [6.45, 7) is 0.115. The second-order valence-electron chi connectivity index (χ2n) is 4.86. The highest BCUT2D eigenvalue weighted by Gasteiger charge is 2.31. The van der Waals surface area contributed by atoms with Gasteiger partial charge in [0.05, 0.1) is 0 Å². The molecule has 2 heterocycles. The Hall–Kier alpha value is -2.30. The van der Waals surface area contributed by atoms with Crippen LogP contribution in [0.1, 0.15) is 5.69 Å². The summed E-state index contributed by atoms with van der Waals surface area (Å²) in [7, 11) is 0. The highest BCUT2D eigenvalue weighted by molar-refractivity contribution is 5.84. The molecule has 0 saturated carbocycles. The van der Waals surface area contributed by atoms with Crippen molar-refractivity contribution in [3.8, 4) is 0 Å². The number of hydrogen-bond acceptors (Lipinski definition) is 4. The van der Waals surface area contributed by atoms with Gasteiger partial charge < -0.3 is 24.4 Å². The number of carboxylic acids is 2. The molecule has 0 spiro atoms. The first-order chi connectivity index (χ1) is 9.08. The summed E-state index contributed by atoms with van der Waals surface area (Å²) in [6, 6.07) is 9.47. The van der Waals surface area contributed by atoms with Gasteiger partial charge in [-0.3, -0.25) is 0 Å². The number of hydrogen-bond donors (Lipinski definition) is 0. The van der Waals surface area contributed by atoms with Gasteiger partial charge in [0.15, 0.2) is 0 Å². The lowest BCUT2D eigenvalue weighted by atomic mass is 9.85. The molecule has 3 rings (SSSR count). The second kappa shape index (κ2) is 4.12. The number of nitrogens with zero attached hydrogens (tertiary/aromatic N) is 1. The first-order valence-electron chi connectivity index (χ1n) is 6.07. The van der Waals surface area contributed by atoms with Crippen molar-refractivity contribution < 1.29 is 19.8 Å². The lowest BCUT2D eigenvalue weighted by Crippen LogP contribution is -2.48. The number of fused-ring (bicyclic) bond motifs is 3. The van der Waals surface area contributed by atoms with Crippen LogP contribution in [-0.4, -0.2) is 16.5 Å². The molecule has 1 aromatic carbocycles. The monoisotopic (exact) mass is 257 g/mol. The van der Waals surface area contributed by atoms with Crippen molar-refractivity contribution in [2.24, 2.45) is 11.8 Å². The van der Waals surface area contributed by atoms with Gasteiger partial charge in [-0.25, -0.2) is 0 Å². The van der Waals surface area contributed by atoms with E-state index in [0.717, 1.165) is 16.6 Å². The first kappa shape index (κ1) is 11.8. The normalized spacial score (nSPS) is 22.1. The van der Waals surface area contributed by atoms with E-state index in [9.17, 15) is 19.8 Å². The van der Waals surface area contributed by atoms with E-state index in [0.29, 0.717) is 0 Å². The molecule has 98 valence electrons. The average Bonchev–Trinajstić information content (AvgIpc) is 2.74. The molecule has 0 radical (unpaired) electrons. The van der Waals surface area contributed by atoms with Gasteiger partial charge in [-0.15, -0.1) is 0 Å². The number of para-hydroxylation sites is 1. The molecule has 0 amide bonds. The minimum absolute atomic E-state index is 0.115. The summed E-state index contributed by atoms with van der Waals surface area (Å²) >= 11 is 0. The summed E-state index contributed by atoms with van der Waals surface area (Å²) in [5, 5.41) is 23.2. The third-order valence-corrected chi connectivity index (χ3v) is 3.80. The molecule has 2 unspecified atom stereocenters. The molecule has 5 heteroatoms. The summed E-state index contributed by atoms with van der Waals surface area (Å²) in [4.78, 5) is 22.2. The molecule has 5 nitrogen and oxygen atoms in total. The molecule has 1 aromatic heterocycles. The van der Waals surface area contributed by atoms with Crippen LogP contribution in [0, 0.1) is 11.8 Å². The van der Waals surface area contributed by atoms with Crippen LogP contribution in [0.5, 0.6) is 0 Å². The van der Waals surface area contributed by atoms with Crippen LogP contribution in [0.4, 0.5) is 0 Å². The molecule has 2 atom stereocenters. The summed E-state index contributed by atoms with van der Waals surface area (Å²) in [5.41, 5.74) is 1.74. The summed E-state index contributed by atoms with van der Waals surface area (Å²) < 4.78 is 1.86. The van der Waals surface area contributed by atoms with Crippen LogP contribution in [-0.2, 0) is 22.6 Å². The SMILES string of the molecule is O=C([O-])C1Cc2cc3ccccc3n2CC1C(=O)[O-]. The Morgan fingerprint density at radius 3 is 2.47 bits per heavy atom. The molecule has 0 bridgehead atoms. The highest BCUT2D eigenvalue weighted by atomic mass is 16.4. The van der Waals surface area contributed by atoms with Crippen molar-refractivity contribution in [3.05, 3.63) is 36.0 Å². The van der Waals surface area contributed by atoms with E-state index in [-0.39, 0.29) is 13.0 Å². The molecule has 0 N–H and O–H groups in total. The number of carbonyl (C=O) groups excluding carboxylic acids is 2. The summed E-state index contributed by atoms with van der Waals surface area (Å²) in [6.07, 6.45) is 0.162. The second-order valence-corrected chi connectivity index (χ2v) is 4.86. The van der Waals surface area contributed by atoms with Gasteiger partial charge in [0.1, 0.15) is 0 Å². The molecule has 2 aromatic rings. The van der Waals surface area contributed by atoms with Crippen molar-refractivity contribution in [2.45, 2.75) is 13.0 Å². The predicted molar refractivity (Wildman–Crippen MR) is 62.6 cm³/mol. The van der Waals surface area contributed by atoms with Crippen LogP contribution in [0.15, 0.2) is 30.3 Å². The Morgan fingerprint density at radius 2 is 1.79 bits per heavy atom. The van der Waals surface area contributed by atoms with E-state index in [4.69, 9.17) is 0 Å². The molecule has 1 aliphatic rings. The maximum absolute atomic E-state index is 11.1. The number of carboxylic acid groups (broad SMARTS) is 2. The number of rotatable bonds is 2. The largest absolute Gasteiger partial charge is 0.550 e. The fraction of sp³-hybridized carbons (Fsp3) is 0.286. The first-order valence-corrected chi connectivity index (χ1v) is 6.07. The lowest BCUT2D eigenvalue weighted by Gasteiger charge is -2.34. The smallest absolute Gasteiger partial charge is 0.0482 e. The molecular formula is C14H11NO4-2. The number of carbonyl (C=O) groups is 2. The standard InChI is InChI=1S/C14H13NO4/c16-13(17)10-6-9-5-8-3-1-2-4-12(8)15(9)7-11(10)14(18)19/h1-5,10-11H,6-7H2,(H,16,17)(H,18,19)/p-2. The minimum Gasteiger partial charge on any atom is -0.550 e. The van der Waals surface area contributed by atoms with Gasteiger partial charge in [-0.1, -0.05) is 18.2 Å². The molecule has 0 saturated heterocycles. The fourth-order valence-corrected chi connectivity index (χ4v) is 2.83. The minimum atomic E-state index is -1.34. The Labute approximate surface area is 109 Å². The third-order valence-electron chi connectivity index (χ3n) is 3.80. The van der Waals surface area contributed by atoms with Gasteiger partial charge in [0, 0.05) is 41.5 Å².